The van der Waals surface area contributed by atoms with Crippen LogP contribution in [0.3, 0.4) is 0 Å². The van der Waals surface area contributed by atoms with Gasteiger partial charge in [-0.1, -0.05) is 13.3 Å². The monoisotopic (exact) mass is 335 g/mol. The quantitative estimate of drug-likeness (QED) is 0.433. The van der Waals surface area contributed by atoms with Crippen LogP contribution < -0.4 is 9.47 Å². The molecule has 0 saturated carbocycles. The van der Waals surface area contributed by atoms with E-state index in [1.807, 2.05) is 6.92 Å². The predicted molar refractivity (Wildman–Crippen MR) is 86.6 cm³/mol. The fourth-order valence-electron chi connectivity index (χ4n) is 2.38. The average molecular weight is 335 g/mol. The van der Waals surface area contributed by atoms with E-state index in [-0.39, 0.29) is 5.91 Å². The van der Waals surface area contributed by atoms with Crippen LogP contribution in [0.15, 0.2) is 18.2 Å². The molecular formula is C17H21NO6. The molecule has 1 aromatic rings. The van der Waals surface area contributed by atoms with E-state index in [1.165, 1.54) is 27.4 Å². The first-order valence-corrected chi connectivity index (χ1v) is 7.60. The Balaban J connectivity index is 2.42. The molecule has 0 radical (unpaired) electrons. The second kappa shape index (κ2) is 7.83. The van der Waals surface area contributed by atoms with Crippen molar-refractivity contribution in [1.29, 1.82) is 0 Å². The Kier molecular flexibility index (Phi) is 5.81. The zero-order valence-corrected chi connectivity index (χ0v) is 14.3. The van der Waals surface area contributed by atoms with Gasteiger partial charge in [0.15, 0.2) is 11.5 Å². The molecule has 1 amide bonds. The highest BCUT2D eigenvalue weighted by Gasteiger charge is 2.35. The molecule has 7 nitrogen and oxygen atoms in total. The Morgan fingerprint density at radius 2 is 1.75 bits per heavy atom. The molecule has 0 unspecified atom stereocenters. The Morgan fingerprint density at radius 1 is 1.12 bits per heavy atom. The molecule has 1 aliphatic rings. The van der Waals surface area contributed by atoms with E-state index in [0.717, 1.165) is 17.9 Å². The summed E-state index contributed by atoms with van der Waals surface area (Å²) in [7, 11) is 4.34. The zero-order valence-electron chi connectivity index (χ0n) is 14.3. The summed E-state index contributed by atoms with van der Waals surface area (Å²) in [5.74, 6) is -0.0447. The Hall–Kier alpha value is -2.54. The minimum atomic E-state index is -0.532. The maximum atomic E-state index is 12.5. The summed E-state index contributed by atoms with van der Waals surface area (Å²) in [5, 5.41) is 1.05. The van der Waals surface area contributed by atoms with Crippen LogP contribution in [0.1, 0.15) is 35.7 Å². The summed E-state index contributed by atoms with van der Waals surface area (Å²) in [6.07, 6.45) is 2.95. The SMILES string of the molecule is CCCCOC(=O)/C=C1\c2cc(OC)c(OC)cc2C(=O)N1OC. The minimum Gasteiger partial charge on any atom is -0.493 e. The number of esters is 1. The standard InChI is InChI=1S/C17H21NO6/c1-5-6-7-24-16(19)10-13-11-8-14(21-2)15(22-3)9-12(11)17(20)18(13)23-4/h8-10H,5-7H2,1-4H3/b13-10+. The van der Waals surface area contributed by atoms with Gasteiger partial charge in [-0.2, -0.15) is 5.06 Å². The molecule has 0 N–H and O–H groups in total. The zero-order chi connectivity index (χ0) is 17.7. The fourth-order valence-corrected chi connectivity index (χ4v) is 2.38. The van der Waals surface area contributed by atoms with E-state index >= 15 is 0 Å². The van der Waals surface area contributed by atoms with Crippen LogP contribution in [-0.2, 0) is 14.4 Å². The number of carbonyl (C=O) groups is 2. The number of carbonyl (C=O) groups excluding carboxylic acids is 2. The molecule has 2 rings (SSSR count). The van der Waals surface area contributed by atoms with Crippen molar-refractivity contribution in [3.05, 3.63) is 29.3 Å². The number of nitrogens with zero attached hydrogens (tertiary/aromatic N) is 1. The number of unbranched alkanes of at least 4 members (excludes halogenated alkanes) is 1. The molecule has 1 heterocycles. The lowest BCUT2D eigenvalue weighted by atomic mass is 10.1. The van der Waals surface area contributed by atoms with Gasteiger partial charge in [-0.15, -0.1) is 0 Å². The summed E-state index contributed by atoms with van der Waals surface area (Å²) in [6.45, 7) is 2.34. The number of ether oxygens (including phenoxy) is 3. The smallest absolute Gasteiger partial charge is 0.332 e. The molecule has 0 aromatic heterocycles. The molecule has 0 bridgehead atoms. The van der Waals surface area contributed by atoms with Crippen LogP contribution >= 0.6 is 0 Å². The highest BCUT2D eigenvalue weighted by molar-refractivity contribution is 6.11. The summed E-state index contributed by atoms with van der Waals surface area (Å²) >= 11 is 0. The van der Waals surface area contributed by atoms with Gasteiger partial charge in [0.1, 0.15) is 0 Å². The molecule has 0 saturated heterocycles. The minimum absolute atomic E-state index is 0.306. The average Bonchev–Trinajstić information content (AvgIpc) is 2.84. The lowest BCUT2D eigenvalue weighted by molar-refractivity contribution is -0.138. The van der Waals surface area contributed by atoms with Crippen molar-refractivity contribution in [3.8, 4) is 11.5 Å². The first kappa shape index (κ1) is 17.8. The molecule has 0 fully saturated rings. The van der Waals surface area contributed by atoms with Crippen LogP contribution in [0.5, 0.6) is 11.5 Å². The lowest BCUT2D eigenvalue weighted by Crippen LogP contribution is -2.22. The largest absolute Gasteiger partial charge is 0.493 e. The van der Waals surface area contributed by atoms with Gasteiger partial charge in [-0.25, -0.2) is 4.79 Å². The summed E-state index contributed by atoms with van der Waals surface area (Å²) in [6, 6.07) is 3.20. The number of benzene rings is 1. The molecule has 130 valence electrons. The number of hydrogen-bond donors (Lipinski definition) is 0. The number of amides is 1. The third kappa shape index (κ3) is 3.35. The van der Waals surface area contributed by atoms with Gasteiger partial charge < -0.3 is 14.2 Å². The molecule has 1 aromatic carbocycles. The Morgan fingerprint density at radius 3 is 2.29 bits per heavy atom. The normalized spacial score (nSPS) is 14.8. The lowest BCUT2D eigenvalue weighted by Gasteiger charge is -2.14. The molecule has 1 aliphatic heterocycles. The van der Waals surface area contributed by atoms with Crippen LogP contribution in [0.4, 0.5) is 0 Å². The highest BCUT2D eigenvalue weighted by Crippen LogP contribution is 2.40. The van der Waals surface area contributed by atoms with Crippen molar-refractivity contribution < 1.29 is 28.6 Å². The van der Waals surface area contributed by atoms with Gasteiger partial charge in [-0.3, -0.25) is 9.63 Å². The summed E-state index contributed by atoms with van der Waals surface area (Å²) in [4.78, 5) is 29.6. The maximum absolute atomic E-state index is 12.5. The molecule has 0 spiro atoms. The van der Waals surface area contributed by atoms with E-state index in [2.05, 4.69) is 0 Å². The van der Waals surface area contributed by atoms with Crippen molar-refractivity contribution in [2.24, 2.45) is 0 Å². The number of hydroxylamine groups is 2. The van der Waals surface area contributed by atoms with Gasteiger partial charge in [-0.05, 0) is 18.6 Å². The summed E-state index contributed by atoms with van der Waals surface area (Å²) < 4.78 is 15.6. The first-order chi connectivity index (χ1) is 11.6. The van der Waals surface area contributed by atoms with E-state index in [4.69, 9.17) is 19.0 Å². The molecule has 7 heteroatoms. The van der Waals surface area contributed by atoms with E-state index in [0.29, 0.717) is 34.9 Å². The third-order valence-electron chi connectivity index (χ3n) is 3.61. The van der Waals surface area contributed by atoms with Crippen molar-refractivity contribution in [2.75, 3.05) is 27.9 Å². The topological polar surface area (TPSA) is 74.3 Å². The van der Waals surface area contributed by atoms with Crippen molar-refractivity contribution >= 4 is 17.6 Å². The van der Waals surface area contributed by atoms with Crippen molar-refractivity contribution in [3.63, 3.8) is 0 Å². The van der Waals surface area contributed by atoms with Crippen LogP contribution in [0.25, 0.3) is 5.70 Å². The third-order valence-corrected chi connectivity index (χ3v) is 3.61. The number of rotatable bonds is 7. The Labute approximate surface area is 140 Å². The van der Waals surface area contributed by atoms with Crippen LogP contribution in [0.2, 0.25) is 0 Å². The van der Waals surface area contributed by atoms with Crippen molar-refractivity contribution in [1.82, 2.24) is 5.06 Å². The molecule has 0 atom stereocenters. The van der Waals surface area contributed by atoms with E-state index in [1.54, 1.807) is 12.1 Å². The molecule has 24 heavy (non-hydrogen) atoms. The van der Waals surface area contributed by atoms with Gasteiger partial charge in [0.25, 0.3) is 5.91 Å². The predicted octanol–water partition coefficient (Wildman–Crippen LogP) is 2.41. The second-order valence-electron chi connectivity index (χ2n) is 5.09. The van der Waals surface area contributed by atoms with Gasteiger partial charge in [0, 0.05) is 5.56 Å². The number of fused-ring (bicyclic) bond motifs is 1. The first-order valence-electron chi connectivity index (χ1n) is 7.60. The maximum Gasteiger partial charge on any atom is 0.332 e. The van der Waals surface area contributed by atoms with Crippen LogP contribution in [-0.4, -0.2) is 44.9 Å². The van der Waals surface area contributed by atoms with Gasteiger partial charge in [0.2, 0.25) is 0 Å². The Bertz CT molecular complexity index is 667. The van der Waals surface area contributed by atoms with Gasteiger partial charge >= 0.3 is 5.97 Å². The molecule has 0 aliphatic carbocycles. The van der Waals surface area contributed by atoms with Gasteiger partial charge in [0.05, 0.1) is 45.3 Å². The molecular weight excluding hydrogens is 314 g/mol. The second-order valence-corrected chi connectivity index (χ2v) is 5.09. The van der Waals surface area contributed by atoms with E-state index in [9.17, 15) is 9.59 Å². The van der Waals surface area contributed by atoms with Crippen LogP contribution in [0, 0.1) is 0 Å². The highest BCUT2D eigenvalue weighted by atomic mass is 16.7. The number of methoxy groups -OCH3 is 2. The van der Waals surface area contributed by atoms with Crippen molar-refractivity contribution in [2.45, 2.75) is 19.8 Å². The van der Waals surface area contributed by atoms with E-state index < -0.39 is 5.97 Å². The fraction of sp³-hybridized carbons (Fsp3) is 0.412. The number of hydrogen-bond acceptors (Lipinski definition) is 6. The summed E-state index contributed by atoms with van der Waals surface area (Å²) in [5.41, 5.74) is 1.19.